The van der Waals surface area contributed by atoms with Crippen molar-refractivity contribution < 1.29 is 25.1 Å². The van der Waals surface area contributed by atoms with Crippen LogP contribution in [0.25, 0.3) is 0 Å². The van der Waals surface area contributed by atoms with Crippen molar-refractivity contribution in [1.82, 2.24) is 0 Å². The number of phenols is 1. The van der Waals surface area contributed by atoms with Crippen LogP contribution in [-0.4, -0.2) is 25.1 Å². The molecule has 137 valence electrons. The molecule has 1 aliphatic carbocycles. The van der Waals surface area contributed by atoms with Gasteiger partial charge in [-0.2, -0.15) is 6.08 Å². The van der Waals surface area contributed by atoms with Crippen molar-refractivity contribution in [2.45, 2.75) is 66.5 Å². The number of rotatable bonds is 2. The molecular weight excluding hydrogens is 372 g/mol. The number of allylic oxidation sites excluding steroid dienone is 4. The summed E-state index contributed by atoms with van der Waals surface area (Å²) in [5.41, 5.74) is 1.15. The van der Waals surface area contributed by atoms with Crippen LogP contribution in [0.15, 0.2) is 35.5 Å². The van der Waals surface area contributed by atoms with Crippen molar-refractivity contribution in [3.63, 3.8) is 0 Å². The molecule has 1 N–H and O–H groups in total. The van der Waals surface area contributed by atoms with Crippen LogP contribution in [0.5, 0.6) is 5.75 Å². The molecule has 0 aliphatic heterocycles. The second kappa shape index (κ2) is 10.6. The van der Waals surface area contributed by atoms with Crippen LogP contribution in [0.4, 0.5) is 0 Å². The minimum absolute atomic E-state index is 0.396. The molecule has 0 radical (unpaired) electrons. The third kappa shape index (κ3) is 11.7. The Bertz CT molecular complexity index is 608. The van der Waals surface area contributed by atoms with Crippen LogP contribution >= 0.6 is 0 Å². The second-order valence-electron chi connectivity index (χ2n) is 8.75. The van der Waals surface area contributed by atoms with E-state index in [0.29, 0.717) is 5.75 Å². The minimum Gasteiger partial charge on any atom is -0.508 e. The molecule has 0 atom stereocenters. The van der Waals surface area contributed by atoms with Crippen molar-refractivity contribution >= 4 is 25.1 Å². The number of phenolic OH excluding ortho intramolecular Hbond substituents is 1. The predicted octanol–water partition coefficient (Wildman–Crippen LogP) is 5.54. The van der Waals surface area contributed by atoms with Crippen LogP contribution in [-0.2, 0) is 20.0 Å². The first-order valence-corrected chi connectivity index (χ1v) is 16.6. The van der Waals surface area contributed by atoms with Crippen LogP contribution in [0.3, 0.4) is 0 Å². The Labute approximate surface area is 169 Å². The van der Waals surface area contributed by atoms with E-state index >= 15 is 0 Å². The van der Waals surface area contributed by atoms with Crippen molar-refractivity contribution in [2.75, 3.05) is 0 Å². The Morgan fingerprint density at radius 2 is 1.52 bits per heavy atom. The molecule has 0 heterocycles. The average molecular weight is 408 g/mol. The van der Waals surface area contributed by atoms with Gasteiger partial charge in [-0.1, -0.05) is 50.5 Å². The van der Waals surface area contributed by atoms with E-state index in [9.17, 15) is 5.11 Å². The van der Waals surface area contributed by atoms with Gasteiger partial charge < -0.3 is 5.11 Å². The fourth-order valence-corrected chi connectivity index (χ4v) is 4.61. The van der Waals surface area contributed by atoms with E-state index in [1.165, 1.54) is 14.2 Å². The summed E-state index contributed by atoms with van der Waals surface area (Å²) in [6.07, 6.45) is 8.82. The van der Waals surface area contributed by atoms with Gasteiger partial charge in [-0.05, 0) is 24.6 Å². The van der Waals surface area contributed by atoms with E-state index in [0.717, 1.165) is 12.0 Å². The number of hydrogen-bond acceptors (Lipinski definition) is 1. The first-order valence-electron chi connectivity index (χ1n) is 8.84. The average Bonchev–Trinajstić information content (AvgIpc) is 2.89. The van der Waals surface area contributed by atoms with E-state index in [4.69, 9.17) is 0 Å². The zero-order chi connectivity index (χ0) is 19.8. The molecule has 0 saturated heterocycles. The summed E-state index contributed by atoms with van der Waals surface area (Å²) in [7, 11) is -2.26. The van der Waals surface area contributed by atoms with E-state index < -0.39 is 16.1 Å². The Morgan fingerprint density at radius 3 is 1.80 bits per heavy atom. The van der Waals surface area contributed by atoms with E-state index in [1.54, 1.807) is 6.07 Å². The van der Waals surface area contributed by atoms with Crippen LogP contribution in [0.1, 0.15) is 25.8 Å². The minimum atomic E-state index is -1.26. The van der Waals surface area contributed by atoms with E-state index in [-0.39, 0.29) is 0 Å². The number of hydrogen-bond donors (Lipinski definition) is 1. The second-order valence-corrected chi connectivity index (χ2v) is 20.4. The maximum absolute atomic E-state index is 9.38. The molecule has 0 fully saturated rings. The van der Waals surface area contributed by atoms with Gasteiger partial charge in [0.15, 0.2) is 0 Å². The molecule has 1 aromatic carbocycles. The summed E-state index contributed by atoms with van der Waals surface area (Å²) in [5.74, 6) is 0.396. The molecule has 0 saturated carbocycles. The van der Waals surface area contributed by atoms with E-state index in [2.05, 4.69) is 97.4 Å². The Morgan fingerprint density at radius 1 is 1.00 bits per heavy atom. The van der Waals surface area contributed by atoms with Gasteiger partial charge in [-0.3, -0.25) is 6.08 Å². The normalized spacial score (nSPS) is 13.3. The van der Waals surface area contributed by atoms with Crippen molar-refractivity contribution in [3.8, 4) is 5.75 Å². The quantitative estimate of drug-likeness (QED) is 0.504. The summed E-state index contributed by atoms with van der Waals surface area (Å²) in [6.45, 7) is 20.1. The van der Waals surface area contributed by atoms with Gasteiger partial charge >= 0.3 is 37.6 Å². The summed E-state index contributed by atoms with van der Waals surface area (Å²) in [6, 6.07) is 5.86. The first-order chi connectivity index (χ1) is 11.2. The standard InChI is InChI=1S/C10H16OSi.C8H13Si.C3H6.Ti/c1-8-5-9(11)7-10(6-8)12(2,3)4;1-9(2,3)8-6-4-5-7-8;1-3-2;/h5-7,11H,1-4H3;4,6H,5H2,1-3H3;1-2H3;/q;-1;;+1. The molecule has 0 unspecified atom stereocenters. The molecule has 1 nitrogen and oxygen atoms in total. The number of aromatic hydroxyl groups is 1. The zero-order valence-corrected chi connectivity index (χ0v) is 21.1. The third-order valence-corrected chi connectivity index (χ3v) is 7.41. The first kappa shape index (κ1) is 24.5. The van der Waals surface area contributed by atoms with Gasteiger partial charge in [0.05, 0.1) is 8.07 Å². The zero-order valence-electron chi connectivity index (χ0n) is 17.5. The maximum Gasteiger partial charge on any atom is 0.115 e. The van der Waals surface area contributed by atoms with Gasteiger partial charge in [0.25, 0.3) is 0 Å². The molecule has 1 aliphatic rings. The molecule has 25 heavy (non-hydrogen) atoms. The van der Waals surface area contributed by atoms with Gasteiger partial charge in [0.2, 0.25) is 0 Å². The molecular formula is C21H35OSi2Ti. The molecule has 0 amide bonds. The summed E-state index contributed by atoms with van der Waals surface area (Å²) < 4.78 is 1.42. The Hall–Kier alpha value is -0.482. The smallest absolute Gasteiger partial charge is 0.115 e. The Kier molecular flexibility index (Phi) is 10.4. The number of benzene rings is 1. The van der Waals surface area contributed by atoms with Crippen LogP contribution < -0.4 is 5.19 Å². The van der Waals surface area contributed by atoms with Crippen LogP contribution in [0, 0.1) is 13.0 Å². The van der Waals surface area contributed by atoms with Gasteiger partial charge in [-0.25, -0.2) is 11.3 Å². The van der Waals surface area contributed by atoms with Crippen molar-refractivity contribution in [2.24, 2.45) is 0 Å². The molecule has 0 spiro atoms. The third-order valence-electron chi connectivity index (χ3n) is 3.43. The van der Waals surface area contributed by atoms with E-state index in [1.807, 2.05) is 13.0 Å². The molecule has 0 bridgehead atoms. The summed E-state index contributed by atoms with van der Waals surface area (Å²) in [5, 5.41) is 12.2. The van der Waals surface area contributed by atoms with Crippen molar-refractivity contribution in [3.05, 3.63) is 47.2 Å². The summed E-state index contributed by atoms with van der Waals surface area (Å²) in [4.78, 5) is 0. The Balaban J connectivity index is 0.000000391. The fraction of sp³-hybridized carbons (Fsp3) is 0.476. The topological polar surface area (TPSA) is 20.2 Å². The molecule has 2 rings (SSSR count). The molecule has 1 aromatic rings. The molecule has 4 heteroatoms. The SMILES string of the molecule is C[C](C)=[Ti+].C[Si](C)(C)C1=[C-]CC=C1.Cc1cc(O)cc([Si](C)(C)C)c1. The van der Waals surface area contributed by atoms with Crippen LogP contribution in [0.2, 0.25) is 39.3 Å². The van der Waals surface area contributed by atoms with Gasteiger partial charge in [0.1, 0.15) is 5.75 Å². The van der Waals surface area contributed by atoms with Gasteiger partial charge in [0, 0.05) is 8.07 Å². The maximum atomic E-state index is 9.38. The molecule has 0 aromatic heterocycles. The largest absolute Gasteiger partial charge is 0.508 e. The summed E-state index contributed by atoms with van der Waals surface area (Å²) >= 11 is 2.08. The van der Waals surface area contributed by atoms with Crippen molar-refractivity contribution in [1.29, 1.82) is 0 Å². The number of aryl methyl sites for hydroxylation is 1. The fourth-order valence-electron chi connectivity index (χ4n) is 2.12. The monoisotopic (exact) mass is 407 g/mol. The predicted molar refractivity (Wildman–Crippen MR) is 116 cm³/mol. The van der Waals surface area contributed by atoms with Gasteiger partial charge in [-0.15, -0.1) is 6.42 Å².